The average Bonchev–Trinajstić information content (AvgIpc) is 2.73. The Morgan fingerprint density at radius 3 is 2.65 bits per heavy atom. The quantitative estimate of drug-likeness (QED) is 0.741. The number of aromatic nitrogens is 1. The summed E-state index contributed by atoms with van der Waals surface area (Å²) in [5.74, 6) is -0.273. The van der Waals surface area contributed by atoms with Crippen LogP contribution in [0.15, 0.2) is 36.5 Å². The van der Waals surface area contributed by atoms with E-state index >= 15 is 0 Å². The fraction of sp³-hybridized carbons (Fsp3) is 0.214. The van der Waals surface area contributed by atoms with E-state index in [0.29, 0.717) is 17.7 Å². The number of Topliss-reactive ketones (excluding diaryl/α,β-unsaturated/α-hetero) is 1. The lowest BCUT2D eigenvalue weighted by Gasteiger charge is -2.06. The SMILES string of the molecule is CCn1cc(C(C)=O)cc1-c1ccccc1F. The van der Waals surface area contributed by atoms with E-state index in [1.54, 1.807) is 30.5 Å². The van der Waals surface area contributed by atoms with Gasteiger partial charge >= 0.3 is 0 Å². The van der Waals surface area contributed by atoms with Gasteiger partial charge in [-0.15, -0.1) is 0 Å². The normalized spacial score (nSPS) is 10.5. The second-order valence-electron chi connectivity index (χ2n) is 3.94. The molecule has 2 nitrogen and oxygen atoms in total. The van der Waals surface area contributed by atoms with Gasteiger partial charge in [0.25, 0.3) is 0 Å². The predicted molar refractivity (Wildman–Crippen MR) is 65.5 cm³/mol. The zero-order valence-corrected chi connectivity index (χ0v) is 9.90. The highest BCUT2D eigenvalue weighted by atomic mass is 19.1. The number of rotatable bonds is 3. The lowest BCUT2D eigenvalue weighted by Crippen LogP contribution is -1.96. The first-order chi connectivity index (χ1) is 8.13. The predicted octanol–water partition coefficient (Wildman–Crippen LogP) is 3.52. The van der Waals surface area contributed by atoms with Crippen LogP contribution in [-0.2, 0) is 6.54 Å². The van der Waals surface area contributed by atoms with Crippen LogP contribution in [0.4, 0.5) is 4.39 Å². The second-order valence-corrected chi connectivity index (χ2v) is 3.94. The van der Waals surface area contributed by atoms with Crippen LogP contribution in [0, 0.1) is 5.82 Å². The molecule has 88 valence electrons. The third-order valence-electron chi connectivity index (χ3n) is 2.79. The van der Waals surface area contributed by atoms with Crippen LogP contribution < -0.4 is 0 Å². The molecule has 2 rings (SSSR count). The van der Waals surface area contributed by atoms with Gasteiger partial charge in [-0.1, -0.05) is 12.1 Å². The first kappa shape index (κ1) is 11.6. The van der Waals surface area contributed by atoms with Gasteiger partial charge in [0.15, 0.2) is 5.78 Å². The van der Waals surface area contributed by atoms with Crippen molar-refractivity contribution in [3.63, 3.8) is 0 Å². The van der Waals surface area contributed by atoms with Gasteiger partial charge in [0, 0.05) is 23.9 Å². The molecular weight excluding hydrogens is 217 g/mol. The van der Waals surface area contributed by atoms with Gasteiger partial charge in [-0.05, 0) is 32.0 Å². The summed E-state index contributed by atoms with van der Waals surface area (Å²) in [4.78, 5) is 11.3. The standard InChI is InChI=1S/C14H14FNO/c1-3-16-9-11(10(2)17)8-14(16)12-6-4-5-7-13(12)15/h4-9H,3H2,1-2H3. The monoisotopic (exact) mass is 231 g/mol. The summed E-state index contributed by atoms with van der Waals surface area (Å²) >= 11 is 0. The number of nitrogens with zero attached hydrogens (tertiary/aromatic N) is 1. The second kappa shape index (κ2) is 4.53. The Hall–Kier alpha value is -1.90. The molecular formula is C14H14FNO. The van der Waals surface area contributed by atoms with Crippen molar-refractivity contribution in [3.8, 4) is 11.3 Å². The van der Waals surface area contributed by atoms with Crippen LogP contribution in [0.25, 0.3) is 11.3 Å². The third kappa shape index (κ3) is 2.13. The summed E-state index contributed by atoms with van der Waals surface area (Å²) < 4.78 is 15.6. The van der Waals surface area contributed by atoms with Gasteiger partial charge < -0.3 is 4.57 Å². The Labute approximate surface area is 99.7 Å². The molecule has 1 aromatic carbocycles. The molecule has 0 atom stereocenters. The molecule has 0 aliphatic carbocycles. The van der Waals surface area contributed by atoms with E-state index in [9.17, 15) is 9.18 Å². The number of hydrogen-bond donors (Lipinski definition) is 0. The molecule has 0 saturated carbocycles. The number of aryl methyl sites for hydroxylation is 1. The van der Waals surface area contributed by atoms with E-state index in [-0.39, 0.29) is 11.6 Å². The summed E-state index contributed by atoms with van der Waals surface area (Å²) in [6.45, 7) is 4.19. The average molecular weight is 231 g/mol. The molecule has 0 saturated heterocycles. The van der Waals surface area contributed by atoms with Crippen molar-refractivity contribution in [1.82, 2.24) is 4.57 Å². The van der Waals surface area contributed by atoms with E-state index in [1.165, 1.54) is 13.0 Å². The zero-order chi connectivity index (χ0) is 12.4. The topological polar surface area (TPSA) is 22.0 Å². The largest absolute Gasteiger partial charge is 0.347 e. The first-order valence-electron chi connectivity index (χ1n) is 5.59. The van der Waals surface area contributed by atoms with E-state index in [4.69, 9.17) is 0 Å². The van der Waals surface area contributed by atoms with Crippen molar-refractivity contribution in [1.29, 1.82) is 0 Å². The van der Waals surface area contributed by atoms with Crippen LogP contribution in [0.3, 0.4) is 0 Å². The molecule has 3 heteroatoms. The van der Waals surface area contributed by atoms with Gasteiger partial charge in [0.2, 0.25) is 0 Å². The Kier molecular flexibility index (Phi) is 3.09. The highest BCUT2D eigenvalue weighted by Crippen LogP contribution is 2.25. The van der Waals surface area contributed by atoms with Crippen LogP contribution in [0.2, 0.25) is 0 Å². The number of carbonyl (C=O) groups excluding carboxylic acids is 1. The van der Waals surface area contributed by atoms with Crippen LogP contribution in [-0.4, -0.2) is 10.4 Å². The fourth-order valence-electron chi connectivity index (χ4n) is 1.86. The van der Waals surface area contributed by atoms with E-state index in [1.807, 2.05) is 11.5 Å². The van der Waals surface area contributed by atoms with Crippen molar-refractivity contribution in [2.45, 2.75) is 20.4 Å². The molecule has 17 heavy (non-hydrogen) atoms. The summed E-state index contributed by atoms with van der Waals surface area (Å²) in [5, 5.41) is 0. The van der Waals surface area contributed by atoms with Crippen molar-refractivity contribution in [2.24, 2.45) is 0 Å². The molecule has 0 bridgehead atoms. The van der Waals surface area contributed by atoms with Crippen LogP contribution >= 0.6 is 0 Å². The summed E-state index contributed by atoms with van der Waals surface area (Å²) in [7, 11) is 0. The zero-order valence-electron chi connectivity index (χ0n) is 9.90. The molecule has 0 radical (unpaired) electrons. The first-order valence-corrected chi connectivity index (χ1v) is 5.59. The maximum atomic E-state index is 13.7. The Morgan fingerprint density at radius 2 is 2.06 bits per heavy atom. The molecule has 0 spiro atoms. The summed E-state index contributed by atoms with van der Waals surface area (Å²) in [6, 6.07) is 8.34. The highest BCUT2D eigenvalue weighted by Gasteiger charge is 2.12. The van der Waals surface area contributed by atoms with Gasteiger partial charge in [0.1, 0.15) is 5.82 Å². The number of halogens is 1. The highest BCUT2D eigenvalue weighted by molar-refractivity contribution is 5.95. The summed E-state index contributed by atoms with van der Waals surface area (Å²) in [5.41, 5.74) is 1.89. The smallest absolute Gasteiger partial charge is 0.161 e. The van der Waals surface area contributed by atoms with Gasteiger partial charge in [-0.3, -0.25) is 4.79 Å². The summed E-state index contributed by atoms with van der Waals surface area (Å²) in [6.07, 6.45) is 1.77. The van der Waals surface area contributed by atoms with Crippen LogP contribution in [0.1, 0.15) is 24.2 Å². The Morgan fingerprint density at radius 1 is 1.35 bits per heavy atom. The number of carbonyl (C=O) groups is 1. The molecule has 0 unspecified atom stereocenters. The molecule has 0 amide bonds. The molecule has 1 heterocycles. The van der Waals surface area contributed by atoms with Crippen molar-refractivity contribution >= 4 is 5.78 Å². The molecule has 0 aliphatic heterocycles. The molecule has 1 aromatic heterocycles. The molecule has 0 aliphatic rings. The number of benzene rings is 1. The minimum absolute atomic E-state index is 0.00482. The third-order valence-corrected chi connectivity index (χ3v) is 2.79. The Balaban J connectivity index is 2.59. The molecule has 0 fully saturated rings. The number of ketones is 1. The van der Waals surface area contributed by atoms with Gasteiger partial charge in [-0.25, -0.2) is 4.39 Å². The molecule has 0 N–H and O–H groups in total. The van der Waals surface area contributed by atoms with E-state index < -0.39 is 0 Å². The van der Waals surface area contributed by atoms with E-state index in [0.717, 1.165) is 5.69 Å². The fourth-order valence-corrected chi connectivity index (χ4v) is 1.86. The minimum atomic E-state index is -0.268. The van der Waals surface area contributed by atoms with Crippen molar-refractivity contribution in [3.05, 3.63) is 47.9 Å². The van der Waals surface area contributed by atoms with Gasteiger partial charge in [-0.2, -0.15) is 0 Å². The van der Waals surface area contributed by atoms with Crippen LogP contribution in [0.5, 0.6) is 0 Å². The molecule has 2 aromatic rings. The maximum absolute atomic E-state index is 13.7. The lowest BCUT2D eigenvalue weighted by atomic mass is 10.1. The van der Waals surface area contributed by atoms with Crippen molar-refractivity contribution in [2.75, 3.05) is 0 Å². The minimum Gasteiger partial charge on any atom is -0.347 e. The maximum Gasteiger partial charge on any atom is 0.161 e. The lowest BCUT2D eigenvalue weighted by molar-refractivity contribution is 0.101. The number of hydrogen-bond acceptors (Lipinski definition) is 1. The van der Waals surface area contributed by atoms with Gasteiger partial charge in [0.05, 0.1) is 5.69 Å². The van der Waals surface area contributed by atoms with E-state index in [2.05, 4.69) is 0 Å². The van der Waals surface area contributed by atoms with Crippen molar-refractivity contribution < 1.29 is 9.18 Å². The Bertz CT molecular complexity index is 557.